The second-order valence-electron chi connectivity index (χ2n) is 26.0. The Bertz CT molecular complexity index is 6190. The normalized spacial score (nSPS) is 13.3. The molecule has 3 unspecified atom stereocenters. The zero-order valence-corrected chi connectivity index (χ0v) is 71.2. The second-order valence-corrected chi connectivity index (χ2v) is 28.6. The van der Waals surface area contributed by atoms with Crippen molar-refractivity contribution in [1.82, 2.24) is 48.9 Å². The Labute approximate surface area is 744 Å². The first-order valence-electron chi connectivity index (χ1n) is 37.3. The third kappa shape index (κ3) is 24.8. The van der Waals surface area contributed by atoms with Gasteiger partial charge in [-0.1, -0.05) is 69.6 Å². The zero-order chi connectivity index (χ0) is 93.5. The average molecular weight is 1870 g/mol. The molecule has 5 N–H and O–H groups in total. The van der Waals surface area contributed by atoms with Gasteiger partial charge in [-0.2, -0.15) is 4.68 Å². The number of anilines is 1. The van der Waals surface area contributed by atoms with Crippen LogP contribution in [0.3, 0.4) is 0 Å². The zero-order valence-electron chi connectivity index (χ0n) is 66.7. The number of benzene rings is 6. The summed E-state index contributed by atoms with van der Waals surface area (Å²) in [5.74, 6) is -6.54. The highest BCUT2D eigenvalue weighted by Gasteiger charge is 2.37. The molecule has 0 spiro atoms. The van der Waals surface area contributed by atoms with Gasteiger partial charge in [0.1, 0.15) is 53.9 Å². The molecule has 48 heteroatoms. The molecule has 10 aromatic rings. The van der Waals surface area contributed by atoms with Crippen molar-refractivity contribution < 1.29 is 97.1 Å². The van der Waals surface area contributed by atoms with Gasteiger partial charge in [0.05, 0.1) is 92.2 Å². The summed E-state index contributed by atoms with van der Waals surface area (Å²) in [6.07, 6.45) is 3.49. The Kier molecular flexibility index (Phi) is 34.6. The molecule has 3 aliphatic rings. The van der Waals surface area contributed by atoms with E-state index < -0.39 is 137 Å². The van der Waals surface area contributed by atoms with Crippen molar-refractivity contribution in [3.05, 3.63) is 275 Å². The minimum Gasteiger partial charge on any atom is -0.506 e. The number of nitrogen functional groups attached to an aromatic ring is 1. The first-order chi connectivity index (χ1) is 60.3. The number of nitro groups is 4. The third-order valence-electron chi connectivity index (χ3n) is 17.9. The van der Waals surface area contributed by atoms with E-state index >= 15 is 0 Å². The summed E-state index contributed by atoms with van der Waals surface area (Å²) >= 11 is 34.9. The molecule has 0 radical (unpaired) electrons. The Hall–Kier alpha value is -14.3. The average Bonchev–Trinajstić information content (AvgIpc) is 1.67. The van der Waals surface area contributed by atoms with Crippen molar-refractivity contribution in [2.75, 3.05) is 38.8 Å². The number of ether oxygens (including phenoxy) is 5. The molecule has 7 heterocycles. The number of carboxylic acid groups (broad SMARTS) is 2. The number of nitrogens with zero attached hydrogens (tertiary/aromatic N) is 14. The number of aromatic carboxylic acids is 1. The fourth-order valence-electron chi connectivity index (χ4n) is 12.6. The van der Waals surface area contributed by atoms with E-state index in [0.717, 1.165) is 30.3 Å². The van der Waals surface area contributed by atoms with E-state index in [0.29, 0.717) is 105 Å². The number of esters is 5. The number of nitro benzene ring substituents is 4. The minimum absolute atomic E-state index is 0.0628. The molecule has 0 saturated carbocycles. The number of carboxylic acids is 2. The highest BCUT2D eigenvalue weighted by molar-refractivity contribution is 6.33. The van der Waals surface area contributed by atoms with Crippen molar-refractivity contribution in [3.8, 4) is 39.5 Å². The quantitative estimate of drug-likeness (QED) is 0.00441. The summed E-state index contributed by atoms with van der Waals surface area (Å²) in [6.45, 7) is 8.55. The molecular weight excluding hydrogens is 1800 g/mol. The van der Waals surface area contributed by atoms with E-state index in [1.807, 2.05) is 0 Å². The molecular formula is C79H69Cl6N15O27. The first kappa shape index (κ1) is 98.1. The standard InChI is InChI=1S/C16H14ClN3O5.C16H16ClN3O3.C15H11ClN6O3.C14H14ClNO7.C11H10ClNO5.C7H4ClNO4/c1-2-25-16(22)13-5-6-14-18-11(8-15(21)19(13)14)10-7-9(17)3-4-12(10)20(23)24;1-2-23-16(22)13-5-6-14-19-12(8-15(21)20(13)14)10-7-9(17)3-4-11(10)18;16-8-1-2-11(21-7-17-19-20-21)9(5-8)10-6-14(23)22-12(15(24)25)3-4-13(22)18-10;1-3-22-13(18)11(14(19)23-4-2)12(17)9-7-8(15)5-6-10(9)16(20)21;1-2-18-11(15)6-10(14)8-5-7(12)3-4-9(8)13(16)17;8-4-1-2-6(9(12)13)5(3-4)7(10)11/h3-4,7-8,13H,2,5-6H2,1H3;3-4,7-8,13H,2,5-6,18H2,1H3;1-2,5-7,12H,3-4H2,(H,24,25);5-7,17H,3-4H2,1-2H3;3-5H,2,6H2,1H3;1-3H,(H,10,11). The topological polar surface area (TPSA) is 590 Å². The maximum atomic E-state index is 12.5. The van der Waals surface area contributed by atoms with Crippen LogP contribution in [-0.4, -0.2) is 164 Å². The number of aromatic nitrogens is 10. The molecule has 42 nitrogen and oxygen atoms in total. The van der Waals surface area contributed by atoms with Gasteiger partial charge < -0.3 is 44.7 Å². The lowest BCUT2D eigenvalue weighted by atomic mass is 10.1. The number of ketones is 1. The molecule has 3 aliphatic heterocycles. The number of aryl methyl sites for hydroxylation is 3. The van der Waals surface area contributed by atoms with Crippen LogP contribution in [0.5, 0.6) is 0 Å². The number of nitrogens with two attached hydrogens (primary N) is 1. The van der Waals surface area contributed by atoms with Gasteiger partial charge in [0, 0.05) is 109 Å². The Morgan fingerprint density at radius 3 is 1.24 bits per heavy atom. The number of aliphatic hydroxyl groups is 1. The molecule has 6 aromatic carbocycles. The lowest BCUT2D eigenvalue weighted by Crippen LogP contribution is -2.29. The third-order valence-corrected chi connectivity index (χ3v) is 19.4. The number of aliphatic hydroxyl groups excluding tert-OH is 1. The van der Waals surface area contributed by atoms with Crippen LogP contribution in [0.25, 0.3) is 45.2 Å². The summed E-state index contributed by atoms with van der Waals surface area (Å²) in [6, 6.07) is 26.2. The van der Waals surface area contributed by atoms with Crippen LogP contribution >= 0.6 is 69.6 Å². The Morgan fingerprint density at radius 1 is 0.449 bits per heavy atom. The summed E-state index contributed by atoms with van der Waals surface area (Å²) in [4.78, 5) is 184. The fourth-order valence-corrected chi connectivity index (χ4v) is 13.6. The van der Waals surface area contributed by atoms with Gasteiger partial charge in [-0.25, -0.2) is 43.7 Å². The van der Waals surface area contributed by atoms with Crippen molar-refractivity contribution in [2.45, 2.75) is 97.7 Å². The van der Waals surface area contributed by atoms with E-state index in [2.05, 4.69) is 44.7 Å². The van der Waals surface area contributed by atoms with Crippen LogP contribution in [0, 0.1) is 40.5 Å². The number of halogens is 6. The number of Topliss-reactive ketones (excluding diaryl/α,β-unsaturated/α-hetero) is 1. The summed E-state index contributed by atoms with van der Waals surface area (Å²) in [5.41, 5.74) is 4.89. The molecule has 0 bridgehead atoms. The largest absolute Gasteiger partial charge is 0.506 e. The Balaban J connectivity index is 0.000000191. The molecule has 0 aliphatic carbocycles. The molecule has 3 atom stereocenters. The lowest BCUT2D eigenvalue weighted by Gasteiger charge is -2.13. The van der Waals surface area contributed by atoms with Gasteiger partial charge in [-0.05, 0) is 149 Å². The molecule has 13 rings (SSSR count). The molecule has 0 amide bonds. The van der Waals surface area contributed by atoms with Crippen LogP contribution < -0.4 is 22.4 Å². The number of rotatable bonds is 23. The predicted molar refractivity (Wildman–Crippen MR) is 453 cm³/mol. The van der Waals surface area contributed by atoms with E-state index in [1.54, 1.807) is 57.2 Å². The summed E-state index contributed by atoms with van der Waals surface area (Å²) in [7, 11) is 0. The van der Waals surface area contributed by atoms with E-state index in [-0.39, 0.29) is 81.9 Å². The van der Waals surface area contributed by atoms with Crippen LogP contribution in [0.15, 0.2) is 154 Å². The minimum atomic E-state index is -1.37. The molecule has 0 fully saturated rings. The lowest BCUT2D eigenvalue weighted by molar-refractivity contribution is -0.385. The number of hydrogen-bond acceptors (Lipinski definition) is 32. The number of carbonyl (C=O) groups is 8. The maximum Gasteiger partial charge on any atom is 0.349 e. The molecule has 0 saturated heterocycles. The maximum absolute atomic E-state index is 12.5. The van der Waals surface area contributed by atoms with Gasteiger partial charge in [0.25, 0.3) is 39.4 Å². The number of fused-ring (bicyclic) bond motifs is 3. The van der Waals surface area contributed by atoms with E-state index in [1.165, 1.54) is 99.2 Å². The predicted octanol–water partition coefficient (Wildman–Crippen LogP) is 12.8. The highest BCUT2D eigenvalue weighted by Crippen LogP contribution is 2.37. The number of carbonyl (C=O) groups excluding carboxylic acids is 6. The van der Waals surface area contributed by atoms with Crippen LogP contribution in [0.4, 0.5) is 28.4 Å². The Morgan fingerprint density at radius 2 is 0.811 bits per heavy atom. The van der Waals surface area contributed by atoms with Crippen molar-refractivity contribution in [3.63, 3.8) is 0 Å². The second kappa shape index (κ2) is 44.8. The molecule has 664 valence electrons. The number of tetrazole rings is 1. The SMILES string of the molecule is CCOC(=O)C(C(=O)OCC)=C(O)c1cc(Cl)ccc1[N+](=O)[O-].CCOC(=O)C1CCc2nc(-c3cc(Cl)ccc3N)cc(=O)n21.CCOC(=O)C1CCc2nc(-c3cc(Cl)ccc3[N+](=O)[O-])cc(=O)n21.CCOC(=O)CC(=O)c1cc(Cl)ccc1[N+](=O)[O-].O=C(O)C1CCc2nc(-c3cc(Cl)ccc3-n3cnnn3)cc(=O)n21.O=C(O)c1cc(Cl)ccc1[N+](=O)[O-]. The monoisotopic (exact) mass is 1870 g/mol. The highest BCUT2D eigenvalue weighted by atomic mass is 35.5. The van der Waals surface area contributed by atoms with Gasteiger partial charge in [-0.3, -0.25) is 78.1 Å². The first-order valence-corrected chi connectivity index (χ1v) is 39.5. The van der Waals surface area contributed by atoms with Crippen LogP contribution in [-0.2, 0) is 71.7 Å². The van der Waals surface area contributed by atoms with Gasteiger partial charge in [0.15, 0.2) is 17.1 Å². The van der Waals surface area contributed by atoms with Gasteiger partial charge in [0.2, 0.25) is 0 Å². The van der Waals surface area contributed by atoms with Gasteiger partial charge >= 0.3 is 41.8 Å². The van der Waals surface area contributed by atoms with Crippen molar-refractivity contribution in [2.24, 2.45) is 0 Å². The summed E-state index contributed by atoms with van der Waals surface area (Å²) < 4.78 is 29.3. The van der Waals surface area contributed by atoms with Crippen molar-refractivity contribution >= 4 is 151 Å². The van der Waals surface area contributed by atoms with Crippen LogP contribution in [0.1, 0.15) is 122 Å². The van der Waals surface area contributed by atoms with Crippen molar-refractivity contribution in [1.29, 1.82) is 0 Å². The van der Waals surface area contributed by atoms with Crippen LogP contribution in [0.2, 0.25) is 30.1 Å². The summed E-state index contributed by atoms with van der Waals surface area (Å²) in [5, 5.41) is 84.2. The van der Waals surface area contributed by atoms with E-state index in [4.69, 9.17) is 89.9 Å². The molecule has 127 heavy (non-hydrogen) atoms. The van der Waals surface area contributed by atoms with E-state index in [9.17, 15) is 103 Å². The van der Waals surface area contributed by atoms with Gasteiger partial charge in [-0.15, -0.1) is 5.10 Å². The smallest absolute Gasteiger partial charge is 0.349 e. The fraction of sp³-hybridized carbons (Fsp3) is 0.253. The molecule has 4 aromatic heterocycles. The number of hydrogen-bond donors (Lipinski definition) is 4. The number of aliphatic carboxylic acids is 1.